The van der Waals surface area contributed by atoms with Gasteiger partial charge in [0, 0.05) is 18.1 Å². The van der Waals surface area contributed by atoms with E-state index in [2.05, 4.69) is 9.88 Å². The van der Waals surface area contributed by atoms with Crippen LogP contribution in [0.25, 0.3) is 10.9 Å². The average molecular weight is 473 g/mol. The summed E-state index contributed by atoms with van der Waals surface area (Å²) < 4.78 is 12.2. The number of carbonyl (C=O) groups is 2. The minimum atomic E-state index is -0.395. The van der Waals surface area contributed by atoms with E-state index in [0.29, 0.717) is 23.4 Å². The molecule has 1 heterocycles. The van der Waals surface area contributed by atoms with Gasteiger partial charge < -0.3 is 24.5 Å². The number of hydrogen-bond acceptors (Lipinski definition) is 5. The Balaban J connectivity index is 1.52. The molecule has 0 saturated carbocycles. The molecule has 7 nitrogen and oxygen atoms in total. The predicted molar refractivity (Wildman–Crippen MR) is 134 cm³/mol. The van der Waals surface area contributed by atoms with Crippen molar-refractivity contribution < 1.29 is 24.2 Å². The second kappa shape index (κ2) is 10.9. The van der Waals surface area contributed by atoms with E-state index in [4.69, 9.17) is 14.6 Å². The second-order valence-corrected chi connectivity index (χ2v) is 8.21. The number of para-hydroxylation sites is 1. The Kier molecular flexibility index (Phi) is 7.48. The third-order valence-electron chi connectivity index (χ3n) is 5.85. The molecule has 1 amide bonds. The molecule has 3 aromatic carbocycles. The molecule has 1 atom stereocenters. The average Bonchev–Trinajstić information content (AvgIpc) is 3.30. The molecule has 35 heavy (non-hydrogen) atoms. The van der Waals surface area contributed by atoms with E-state index >= 15 is 0 Å². The van der Waals surface area contributed by atoms with Crippen LogP contribution in [0, 0.1) is 0 Å². The third kappa shape index (κ3) is 5.53. The Hall–Kier alpha value is -4.10. The molecule has 180 valence electrons. The zero-order valence-electron chi connectivity index (χ0n) is 19.7. The van der Waals surface area contributed by atoms with Crippen LogP contribution in [0.2, 0.25) is 0 Å². The van der Waals surface area contributed by atoms with E-state index in [1.54, 1.807) is 12.1 Å². The van der Waals surface area contributed by atoms with Crippen molar-refractivity contribution in [3.05, 3.63) is 101 Å². The molecule has 1 aromatic heterocycles. The van der Waals surface area contributed by atoms with Crippen molar-refractivity contribution in [3.8, 4) is 5.75 Å². The Bertz CT molecular complexity index is 1310. The van der Waals surface area contributed by atoms with Crippen molar-refractivity contribution in [2.75, 3.05) is 20.3 Å². The largest absolute Gasteiger partial charge is 0.491 e. The first kappa shape index (κ1) is 24.0. The summed E-state index contributed by atoms with van der Waals surface area (Å²) in [6, 6.07) is 22.1. The first-order valence-electron chi connectivity index (χ1n) is 11.4. The number of carbonyl (C=O) groups excluding carboxylic acids is 2. The van der Waals surface area contributed by atoms with Crippen molar-refractivity contribution in [2.45, 2.75) is 19.5 Å². The zero-order valence-corrected chi connectivity index (χ0v) is 19.7. The number of ether oxygens (including phenoxy) is 2. The van der Waals surface area contributed by atoms with Crippen LogP contribution in [0.4, 0.5) is 0 Å². The lowest BCUT2D eigenvalue weighted by atomic mass is 10.0. The maximum absolute atomic E-state index is 13.3. The molecule has 0 saturated heterocycles. The van der Waals surface area contributed by atoms with Gasteiger partial charge in [0.05, 0.1) is 36.4 Å². The summed E-state index contributed by atoms with van der Waals surface area (Å²) in [4.78, 5) is 24.9. The first-order valence-corrected chi connectivity index (χ1v) is 11.4. The number of fused-ring (bicyclic) bond motifs is 1. The number of aromatic nitrogens is 1. The van der Waals surface area contributed by atoms with Crippen LogP contribution < -0.4 is 10.1 Å². The van der Waals surface area contributed by atoms with Crippen molar-refractivity contribution in [1.82, 2.24) is 9.88 Å². The quantitative estimate of drug-likeness (QED) is 0.354. The van der Waals surface area contributed by atoms with Crippen LogP contribution in [0.15, 0.2) is 79.0 Å². The predicted octanol–water partition coefficient (Wildman–Crippen LogP) is 4.34. The molecule has 0 aliphatic heterocycles. The van der Waals surface area contributed by atoms with E-state index < -0.39 is 5.97 Å². The first-order chi connectivity index (χ1) is 17.0. The lowest BCUT2D eigenvalue weighted by molar-refractivity contribution is 0.0600. The summed E-state index contributed by atoms with van der Waals surface area (Å²) in [7, 11) is 1.35. The molecule has 4 rings (SSSR count). The summed E-state index contributed by atoms with van der Waals surface area (Å²) in [6.45, 7) is 2.73. The number of methoxy groups -OCH3 is 1. The van der Waals surface area contributed by atoms with Gasteiger partial charge in [-0.1, -0.05) is 36.4 Å². The molecule has 7 heteroatoms. The lowest BCUT2D eigenvalue weighted by Gasteiger charge is -2.16. The molecular weight excluding hydrogens is 444 g/mol. The summed E-state index contributed by atoms with van der Waals surface area (Å²) in [5.41, 5.74) is 3.86. The van der Waals surface area contributed by atoms with Gasteiger partial charge in [-0.25, -0.2) is 4.79 Å². The zero-order chi connectivity index (χ0) is 24.8. The number of nitrogens with one attached hydrogen (secondary N) is 1. The highest BCUT2D eigenvalue weighted by atomic mass is 16.5. The van der Waals surface area contributed by atoms with E-state index in [0.717, 1.165) is 22.0 Å². The second-order valence-electron chi connectivity index (χ2n) is 8.21. The van der Waals surface area contributed by atoms with Crippen molar-refractivity contribution in [3.63, 3.8) is 0 Å². The summed E-state index contributed by atoms with van der Waals surface area (Å²) in [6.07, 6.45) is 1.98. The Labute approximate surface area is 203 Å². The van der Waals surface area contributed by atoms with Gasteiger partial charge in [-0.3, -0.25) is 4.79 Å². The SMILES string of the molecule is COC(=O)c1ccc([C@H](C)NC(=O)c2cccc3ccn(Cc4ccc(OCCO)cc4)c23)cc1. The minimum absolute atomic E-state index is 0.0284. The van der Waals surface area contributed by atoms with Crippen LogP contribution in [0.3, 0.4) is 0 Å². The van der Waals surface area contributed by atoms with E-state index in [1.807, 2.05) is 73.8 Å². The van der Waals surface area contributed by atoms with Gasteiger partial charge in [0.15, 0.2) is 0 Å². The molecule has 0 radical (unpaired) electrons. The highest BCUT2D eigenvalue weighted by Gasteiger charge is 2.17. The monoisotopic (exact) mass is 472 g/mol. The normalized spacial score (nSPS) is 11.7. The number of aliphatic hydroxyl groups excluding tert-OH is 1. The van der Waals surface area contributed by atoms with Gasteiger partial charge in [-0.15, -0.1) is 0 Å². The van der Waals surface area contributed by atoms with Gasteiger partial charge in [0.2, 0.25) is 0 Å². The molecule has 0 aliphatic rings. The van der Waals surface area contributed by atoms with Crippen molar-refractivity contribution in [2.24, 2.45) is 0 Å². The van der Waals surface area contributed by atoms with Gasteiger partial charge >= 0.3 is 5.97 Å². The number of esters is 1. The number of benzene rings is 3. The standard InChI is InChI=1S/C28H28N2O5/c1-19(21-8-10-23(11-9-21)28(33)34-2)29-27(32)25-5-3-4-22-14-15-30(26(22)25)18-20-6-12-24(13-7-20)35-17-16-31/h3-15,19,31H,16-18H2,1-2H3,(H,29,32)/t19-/m0/s1. The molecule has 2 N–H and O–H groups in total. The summed E-state index contributed by atoms with van der Waals surface area (Å²) in [5, 5.41) is 13.0. The smallest absolute Gasteiger partial charge is 0.337 e. The van der Waals surface area contributed by atoms with E-state index in [1.165, 1.54) is 7.11 Å². The molecule has 0 aliphatic carbocycles. The summed E-state index contributed by atoms with van der Waals surface area (Å²) in [5.74, 6) is 0.134. The van der Waals surface area contributed by atoms with Crippen LogP contribution in [-0.2, 0) is 11.3 Å². The minimum Gasteiger partial charge on any atom is -0.491 e. The number of hydrogen-bond donors (Lipinski definition) is 2. The fourth-order valence-electron chi connectivity index (χ4n) is 4.01. The van der Waals surface area contributed by atoms with Crippen LogP contribution >= 0.6 is 0 Å². The number of nitrogens with zero attached hydrogens (tertiary/aromatic N) is 1. The third-order valence-corrected chi connectivity index (χ3v) is 5.85. The molecular formula is C28H28N2O5. The maximum Gasteiger partial charge on any atom is 0.337 e. The summed E-state index contributed by atoms with van der Waals surface area (Å²) >= 11 is 0. The van der Waals surface area contributed by atoms with Gasteiger partial charge in [-0.05, 0) is 54.4 Å². The Morgan fingerprint density at radius 1 is 1.00 bits per heavy atom. The van der Waals surface area contributed by atoms with Crippen LogP contribution in [0.1, 0.15) is 44.8 Å². The molecule has 0 unspecified atom stereocenters. The van der Waals surface area contributed by atoms with Crippen molar-refractivity contribution >= 4 is 22.8 Å². The van der Waals surface area contributed by atoms with Crippen LogP contribution in [-0.4, -0.2) is 41.9 Å². The lowest BCUT2D eigenvalue weighted by Crippen LogP contribution is -2.27. The maximum atomic E-state index is 13.3. The fraction of sp³-hybridized carbons (Fsp3) is 0.214. The van der Waals surface area contributed by atoms with Gasteiger partial charge in [0.1, 0.15) is 12.4 Å². The number of amides is 1. The molecule has 4 aromatic rings. The Morgan fingerprint density at radius 3 is 2.43 bits per heavy atom. The van der Waals surface area contributed by atoms with E-state index in [9.17, 15) is 9.59 Å². The molecule has 0 fully saturated rings. The molecule has 0 spiro atoms. The van der Waals surface area contributed by atoms with Gasteiger partial charge in [-0.2, -0.15) is 0 Å². The Morgan fingerprint density at radius 2 is 1.74 bits per heavy atom. The van der Waals surface area contributed by atoms with Crippen LogP contribution in [0.5, 0.6) is 5.75 Å². The van der Waals surface area contributed by atoms with Crippen molar-refractivity contribution in [1.29, 1.82) is 0 Å². The van der Waals surface area contributed by atoms with Gasteiger partial charge in [0.25, 0.3) is 5.91 Å². The number of aliphatic hydroxyl groups is 1. The molecule has 0 bridgehead atoms. The highest BCUT2D eigenvalue weighted by molar-refractivity contribution is 6.06. The fourth-order valence-corrected chi connectivity index (χ4v) is 4.01. The highest BCUT2D eigenvalue weighted by Crippen LogP contribution is 2.24. The number of rotatable bonds is 9. The van der Waals surface area contributed by atoms with E-state index in [-0.39, 0.29) is 25.2 Å². The topological polar surface area (TPSA) is 89.8 Å².